The molecule has 0 saturated carbocycles. The Morgan fingerprint density at radius 3 is 2.68 bits per heavy atom. The SMILES string of the molecule is CN=C(NCc1ccc(N2CCOC(C)C2)nc1)N1CCN(Cc2ccon2)CC1.I. The van der Waals surface area contributed by atoms with Gasteiger partial charge in [-0.2, -0.15) is 0 Å². The van der Waals surface area contributed by atoms with E-state index >= 15 is 0 Å². The molecule has 10 heteroatoms. The predicted octanol–water partition coefficient (Wildman–Crippen LogP) is 1.81. The Kier molecular flexibility index (Phi) is 8.90. The number of rotatable bonds is 5. The van der Waals surface area contributed by atoms with E-state index in [0.29, 0.717) is 6.54 Å². The van der Waals surface area contributed by atoms with Gasteiger partial charge in [-0.15, -0.1) is 24.0 Å². The molecule has 0 aromatic carbocycles. The molecule has 0 aliphatic carbocycles. The van der Waals surface area contributed by atoms with Crippen LogP contribution in [0.1, 0.15) is 18.2 Å². The van der Waals surface area contributed by atoms with Gasteiger partial charge in [0.05, 0.1) is 18.4 Å². The lowest BCUT2D eigenvalue weighted by atomic mass is 10.2. The number of guanidine groups is 1. The van der Waals surface area contributed by atoms with E-state index in [0.717, 1.165) is 75.5 Å². The lowest BCUT2D eigenvalue weighted by Gasteiger charge is -2.36. The maximum atomic E-state index is 5.61. The summed E-state index contributed by atoms with van der Waals surface area (Å²) in [7, 11) is 1.84. The average molecular weight is 541 g/mol. The standard InChI is InChI=1S/C21H31N7O2.HI/c1-17-15-28(10-12-29-17)20-4-3-18(13-23-20)14-24-21(22-2)27-8-6-26(7-9-27)16-19-5-11-30-25-19;/h3-5,11,13,17H,6-10,12,14-16H2,1-2H3,(H,22,24);1H. The van der Waals surface area contributed by atoms with Crippen molar-refractivity contribution in [1.29, 1.82) is 0 Å². The molecule has 2 aromatic rings. The lowest BCUT2D eigenvalue weighted by molar-refractivity contribution is 0.0529. The minimum atomic E-state index is 0. The van der Waals surface area contributed by atoms with Gasteiger partial charge in [-0.25, -0.2) is 4.98 Å². The second-order valence-corrected chi connectivity index (χ2v) is 7.81. The molecule has 170 valence electrons. The number of nitrogens with zero attached hydrogens (tertiary/aromatic N) is 6. The maximum Gasteiger partial charge on any atom is 0.194 e. The highest BCUT2D eigenvalue weighted by Gasteiger charge is 2.21. The molecule has 0 amide bonds. The molecular formula is C21H32IN7O2. The van der Waals surface area contributed by atoms with Crippen molar-refractivity contribution in [3.05, 3.63) is 41.9 Å². The van der Waals surface area contributed by atoms with Gasteiger partial charge in [0.2, 0.25) is 0 Å². The molecule has 2 aliphatic heterocycles. The van der Waals surface area contributed by atoms with Gasteiger partial charge in [0, 0.05) is 71.7 Å². The number of piperazine rings is 1. The minimum Gasteiger partial charge on any atom is -0.375 e. The zero-order valence-electron chi connectivity index (χ0n) is 18.2. The van der Waals surface area contributed by atoms with Crippen molar-refractivity contribution < 1.29 is 9.26 Å². The Labute approximate surface area is 200 Å². The first-order valence-corrected chi connectivity index (χ1v) is 10.6. The largest absolute Gasteiger partial charge is 0.375 e. The van der Waals surface area contributed by atoms with Crippen LogP contribution in [0.25, 0.3) is 0 Å². The highest BCUT2D eigenvalue weighted by atomic mass is 127. The summed E-state index contributed by atoms with van der Waals surface area (Å²) in [6.07, 6.45) is 3.83. The van der Waals surface area contributed by atoms with E-state index in [1.807, 2.05) is 19.3 Å². The molecule has 4 heterocycles. The molecule has 1 atom stereocenters. The van der Waals surface area contributed by atoms with Gasteiger partial charge in [0.1, 0.15) is 12.1 Å². The van der Waals surface area contributed by atoms with Crippen molar-refractivity contribution in [2.24, 2.45) is 4.99 Å². The maximum absolute atomic E-state index is 5.61. The summed E-state index contributed by atoms with van der Waals surface area (Å²) < 4.78 is 10.5. The molecule has 2 fully saturated rings. The third kappa shape index (κ3) is 6.53. The Morgan fingerprint density at radius 2 is 2.03 bits per heavy atom. The first-order chi connectivity index (χ1) is 14.7. The molecule has 2 aliphatic rings. The topological polar surface area (TPSA) is 82.3 Å². The van der Waals surface area contributed by atoms with E-state index in [1.165, 1.54) is 0 Å². The van der Waals surface area contributed by atoms with Crippen LogP contribution in [0.2, 0.25) is 0 Å². The average Bonchev–Trinajstić information content (AvgIpc) is 3.29. The number of anilines is 1. The molecule has 0 spiro atoms. The fourth-order valence-corrected chi connectivity index (χ4v) is 3.91. The number of halogens is 1. The fourth-order valence-electron chi connectivity index (χ4n) is 3.91. The number of ether oxygens (including phenoxy) is 1. The normalized spacial score (nSPS) is 20.5. The summed E-state index contributed by atoms with van der Waals surface area (Å²) in [5.41, 5.74) is 2.12. The van der Waals surface area contributed by atoms with Crippen LogP contribution in [0.5, 0.6) is 0 Å². The zero-order chi connectivity index (χ0) is 20.8. The summed E-state index contributed by atoms with van der Waals surface area (Å²) >= 11 is 0. The van der Waals surface area contributed by atoms with Crippen LogP contribution in [-0.4, -0.2) is 84.9 Å². The van der Waals surface area contributed by atoms with Crippen LogP contribution in [-0.2, 0) is 17.8 Å². The summed E-state index contributed by atoms with van der Waals surface area (Å²) in [5, 5.41) is 7.48. The highest BCUT2D eigenvalue weighted by molar-refractivity contribution is 14.0. The lowest BCUT2D eigenvalue weighted by Crippen LogP contribution is -2.52. The van der Waals surface area contributed by atoms with Crippen LogP contribution < -0.4 is 10.2 Å². The minimum absolute atomic E-state index is 0. The van der Waals surface area contributed by atoms with Crippen LogP contribution in [0.15, 0.2) is 40.2 Å². The van der Waals surface area contributed by atoms with Gasteiger partial charge in [-0.05, 0) is 18.6 Å². The Bertz CT molecular complexity index is 808. The van der Waals surface area contributed by atoms with E-state index in [9.17, 15) is 0 Å². The van der Waals surface area contributed by atoms with Crippen LogP contribution in [0.3, 0.4) is 0 Å². The van der Waals surface area contributed by atoms with Gasteiger partial charge in [0.25, 0.3) is 0 Å². The van der Waals surface area contributed by atoms with Crippen molar-refractivity contribution in [3.8, 4) is 0 Å². The molecule has 9 nitrogen and oxygen atoms in total. The van der Waals surface area contributed by atoms with Crippen LogP contribution in [0, 0.1) is 0 Å². The van der Waals surface area contributed by atoms with E-state index in [2.05, 4.69) is 54.2 Å². The van der Waals surface area contributed by atoms with E-state index < -0.39 is 0 Å². The summed E-state index contributed by atoms with van der Waals surface area (Å²) in [5.74, 6) is 1.95. The number of pyridine rings is 1. The van der Waals surface area contributed by atoms with Gasteiger partial charge >= 0.3 is 0 Å². The van der Waals surface area contributed by atoms with Gasteiger partial charge in [-0.3, -0.25) is 9.89 Å². The second-order valence-electron chi connectivity index (χ2n) is 7.81. The van der Waals surface area contributed by atoms with Crippen molar-refractivity contribution in [3.63, 3.8) is 0 Å². The van der Waals surface area contributed by atoms with E-state index in [-0.39, 0.29) is 30.1 Å². The Hall–Kier alpha value is -1.92. The summed E-state index contributed by atoms with van der Waals surface area (Å²) in [4.78, 5) is 16.1. The van der Waals surface area contributed by atoms with Gasteiger partial charge < -0.3 is 24.4 Å². The molecule has 0 bridgehead atoms. The van der Waals surface area contributed by atoms with E-state index in [4.69, 9.17) is 9.26 Å². The number of aromatic nitrogens is 2. The van der Waals surface area contributed by atoms with Gasteiger partial charge in [0.15, 0.2) is 5.96 Å². The van der Waals surface area contributed by atoms with Crippen molar-refractivity contribution >= 4 is 35.8 Å². The van der Waals surface area contributed by atoms with E-state index in [1.54, 1.807) is 6.26 Å². The van der Waals surface area contributed by atoms with Crippen LogP contribution in [0.4, 0.5) is 5.82 Å². The predicted molar refractivity (Wildman–Crippen MR) is 131 cm³/mol. The summed E-state index contributed by atoms with van der Waals surface area (Å²) in [6.45, 7) is 10.00. The monoisotopic (exact) mass is 541 g/mol. The smallest absolute Gasteiger partial charge is 0.194 e. The molecular weight excluding hydrogens is 509 g/mol. The summed E-state index contributed by atoms with van der Waals surface area (Å²) in [6, 6.07) is 6.16. The number of aliphatic imine (C=N–C) groups is 1. The van der Waals surface area contributed by atoms with Crippen molar-refractivity contribution in [2.45, 2.75) is 26.1 Å². The molecule has 2 aromatic heterocycles. The molecule has 31 heavy (non-hydrogen) atoms. The molecule has 0 radical (unpaired) electrons. The number of morpholine rings is 1. The second kappa shape index (κ2) is 11.6. The third-order valence-electron chi connectivity index (χ3n) is 5.59. The number of hydrogen-bond acceptors (Lipinski definition) is 7. The first-order valence-electron chi connectivity index (χ1n) is 10.6. The van der Waals surface area contributed by atoms with Crippen LogP contribution >= 0.6 is 24.0 Å². The molecule has 4 rings (SSSR count). The number of nitrogens with one attached hydrogen (secondary N) is 1. The fraction of sp³-hybridized carbons (Fsp3) is 0.571. The highest BCUT2D eigenvalue weighted by Crippen LogP contribution is 2.15. The molecule has 1 N–H and O–H groups in total. The number of hydrogen-bond donors (Lipinski definition) is 1. The Balaban J connectivity index is 0.00000272. The molecule has 1 unspecified atom stereocenters. The zero-order valence-corrected chi connectivity index (χ0v) is 20.6. The van der Waals surface area contributed by atoms with Gasteiger partial charge in [-0.1, -0.05) is 11.2 Å². The Morgan fingerprint density at radius 1 is 1.19 bits per heavy atom. The third-order valence-corrected chi connectivity index (χ3v) is 5.59. The molecule has 2 saturated heterocycles. The van der Waals surface area contributed by atoms with Crippen molar-refractivity contribution in [1.82, 2.24) is 25.3 Å². The van der Waals surface area contributed by atoms with Crippen molar-refractivity contribution in [2.75, 3.05) is 57.8 Å². The first kappa shape index (κ1) is 23.7. The quantitative estimate of drug-likeness (QED) is 0.349.